The lowest BCUT2D eigenvalue weighted by Gasteiger charge is -2.13. The first kappa shape index (κ1) is 18.4. The molecule has 0 saturated carbocycles. The van der Waals surface area contributed by atoms with E-state index in [1.165, 1.54) is 0 Å². The van der Waals surface area contributed by atoms with E-state index in [-0.39, 0.29) is 5.91 Å². The van der Waals surface area contributed by atoms with E-state index in [4.69, 9.17) is 11.6 Å². The standard InChI is InChI=1S/C20H20ClN3OS/c1-15-18(10-11-19(25)23(2)14-17-9-6-12-26-17)20(21)24(22-15)13-16-7-4-3-5-8-16/h3-12H,13-14H2,1-2H3/b11-10+. The number of benzene rings is 1. The lowest BCUT2D eigenvalue weighted by Crippen LogP contribution is -2.23. The Kier molecular flexibility index (Phi) is 5.91. The topological polar surface area (TPSA) is 38.1 Å². The number of hydrogen-bond acceptors (Lipinski definition) is 3. The number of carbonyl (C=O) groups excluding carboxylic acids is 1. The normalized spacial score (nSPS) is 11.2. The minimum atomic E-state index is -0.0651. The maximum absolute atomic E-state index is 12.3. The Morgan fingerprint density at radius 1 is 1.27 bits per heavy atom. The lowest BCUT2D eigenvalue weighted by molar-refractivity contribution is -0.125. The Morgan fingerprint density at radius 3 is 2.73 bits per heavy atom. The Labute approximate surface area is 162 Å². The second-order valence-corrected chi connectivity index (χ2v) is 7.43. The van der Waals surface area contributed by atoms with E-state index in [2.05, 4.69) is 5.10 Å². The molecule has 0 fully saturated rings. The second-order valence-electron chi connectivity index (χ2n) is 6.04. The summed E-state index contributed by atoms with van der Waals surface area (Å²) in [6, 6.07) is 14.0. The third-order valence-electron chi connectivity index (χ3n) is 4.03. The third kappa shape index (κ3) is 4.42. The highest BCUT2D eigenvalue weighted by Gasteiger charge is 2.13. The largest absolute Gasteiger partial charge is 0.337 e. The highest BCUT2D eigenvalue weighted by Crippen LogP contribution is 2.22. The molecule has 0 aliphatic carbocycles. The molecule has 0 atom stereocenters. The van der Waals surface area contributed by atoms with Crippen LogP contribution in [0.15, 0.2) is 53.9 Å². The molecular formula is C20H20ClN3OS. The van der Waals surface area contributed by atoms with E-state index in [9.17, 15) is 4.79 Å². The summed E-state index contributed by atoms with van der Waals surface area (Å²) in [5.41, 5.74) is 2.70. The first-order valence-corrected chi connectivity index (χ1v) is 9.52. The molecule has 0 unspecified atom stereocenters. The number of hydrogen-bond donors (Lipinski definition) is 0. The van der Waals surface area contributed by atoms with Crippen LogP contribution in [0, 0.1) is 6.92 Å². The van der Waals surface area contributed by atoms with Crippen LogP contribution < -0.4 is 0 Å². The van der Waals surface area contributed by atoms with Gasteiger partial charge in [0.1, 0.15) is 5.15 Å². The summed E-state index contributed by atoms with van der Waals surface area (Å²) >= 11 is 8.12. The summed E-state index contributed by atoms with van der Waals surface area (Å²) < 4.78 is 1.76. The van der Waals surface area contributed by atoms with Crippen molar-refractivity contribution in [2.45, 2.75) is 20.0 Å². The van der Waals surface area contributed by atoms with Crippen LogP contribution in [-0.2, 0) is 17.9 Å². The zero-order valence-electron chi connectivity index (χ0n) is 14.7. The number of thiophene rings is 1. The lowest BCUT2D eigenvalue weighted by atomic mass is 10.2. The molecule has 0 N–H and O–H groups in total. The van der Waals surface area contributed by atoms with Gasteiger partial charge in [-0.2, -0.15) is 5.10 Å². The number of nitrogens with zero attached hydrogens (tertiary/aromatic N) is 3. The second kappa shape index (κ2) is 8.34. The molecule has 6 heteroatoms. The van der Waals surface area contributed by atoms with Gasteiger partial charge in [-0.15, -0.1) is 11.3 Å². The Bertz CT molecular complexity index is 901. The summed E-state index contributed by atoms with van der Waals surface area (Å²) in [5.74, 6) is -0.0651. The molecule has 0 radical (unpaired) electrons. The van der Waals surface area contributed by atoms with Crippen molar-refractivity contribution in [2.24, 2.45) is 0 Å². The highest BCUT2D eigenvalue weighted by molar-refractivity contribution is 7.09. The number of likely N-dealkylation sites (N-methyl/N-ethyl adjacent to an activating group) is 1. The van der Waals surface area contributed by atoms with Crippen molar-refractivity contribution in [1.29, 1.82) is 0 Å². The van der Waals surface area contributed by atoms with Gasteiger partial charge in [0, 0.05) is 23.6 Å². The van der Waals surface area contributed by atoms with E-state index in [1.54, 1.807) is 40.1 Å². The zero-order valence-corrected chi connectivity index (χ0v) is 16.3. The van der Waals surface area contributed by atoms with Crippen molar-refractivity contribution >= 4 is 34.9 Å². The average molecular weight is 386 g/mol. The maximum Gasteiger partial charge on any atom is 0.246 e. The molecule has 1 amide bonds. The van der Waals surface area contributed by atoms with Gasteiger partial charge < -0.3 is 4.90 Å². The van der Waals surface area contributed by atoms with Gasteiger partial charge in [-0.25, -0.2) is 4.68 Å². The van der Waals surface area contributed by atoms with Crippen LogP contribution in [0.5, 0.6) is 0 Å². The fraction of sp³-hybridized carbons (Fsp3) is 0.200. The molecule has 1 aromatic carbocycles. The molecule has 4 nitrogen and oxygen atoms in total. The monoisotopic (exact) mass is 385 g/mol. The molecule has 0 bridgehead atoms. The molecule has 2 aromatic heterocycles. The smallest absolute Gasteiger partial charge is 0.246 e. The molecular weight excluding hydrogens is 366 g/mol. The van der Waals surface area contributed by atoms with Gasteiger partial charge in [0.25, 0.3) is 0 Å². The predicted octanol–water partition coefficient (Wildman–Crippen LogP) is 4.63. The number of aromatic nitrogens is 2. The summed E-state index contributed by atoms with van der Waals surface area (Å²) in [4.78, 5) is 15.2. The van der Waals surface area contributed by atoms with E-state index in [0.29, 0.717) is 18.2 Å². The van der Waals surface area contributed by atoms with E-state index in [1.807, 2.05) is 54.8 Å². The van der Waals surface area contributed by atoms with Gasteiger partial charge in [-0.3, -0.25) is 4.79 Å². The van der Waals surface area contributed by atoms with Crippen LogP contribution in [0.25, 0.3) is 6.08 Å². The van der Waals surface area contributed by atoms with Gasteiger partial charge >= 0.3 is 0 Å². The summed E-state index contributed by atoms with van der Waals surface area (Å²) in [6.07, 6.45) is 3.30. The number of aryl methyl sites for hydroxylation is 1. The summed E-state index contributed by atoms with van der Waals surface area (Å²) in [6.45, 7) is 3.09. The fourth-order valence-corrected chi connectivity index (χ4v) is 3.67. The SMILES string of the molecule is Cc1nn(Cc2ccccc2)c(Cl)c1/C=C/C(=O)N(C)Cc1cccs1. The molecule has 0 spiro atoms. The van der Waals surface area contributed by atoms with Crippen molar-refractivity contribution < 1.29 is 4.79 Å². The van der Waals surface area contributed by atoms with Gasteiger partial charge in [0.05, 0.1) is 18.8 Å². The molecule has 134 valence electrons. The molecule has 26 heavy (non-hydrogen) atoms. The number of amides is 1. The summed E-state index contributed by atoms with van der Waals surface area (Å²) in [5, 5.41) is 7.05. The minimum Gasteiger partial charge on any atom is -0.337 e. The van der Waals surface area contributed by atoms with Crippen LogP contribution in [0.3, 0.4) is 0 Å². The van der Waals surface area contributed by atoms with Crippen molar-refractivity contribution in [3.8, 4) is 0 Å². The van der Waals surface area contributed by atoms with Gasteiger partial charge in [0.2, 0.25) is 5.91 Å². The van der Waals surface area contributed by atoms with Crippen LogP contribution in [-0.4, -0.2) is 27.6 Å². The molecule has 0 aliphatic heterocycles. The van der Waals surface area contributed by atoms with Crippen LogP contribution in [0.4, 0.5) is 0 Å². The highest BCUT2D eigenvalue weighted by atomic mass is 35.5. The first-order chi connectivity index (χ1) is 12.5. The average Bonchev–Trinajstić information content (AvgIpc) is 3.23. The van der Waals surface area contributed by atoms with Crippen molar-refractivity contribution in [1.82, 2.24) is 14.7 Å². The minimum absolute atomic E-state index is 0.0651. The van der Waals surface area contributed by atoms with Gasteiger partial charge in [-0.05, 0) is 30.0 Å². The van der Waals surface area contributed by atoms with Crippen LogP contribution in [0.2, 0.25) is 5.15 Å². The van der Waals surface area contributed by atoms with Crippen molar-refractivity contribution in [3.05, 3.63) is 80.8 Å². The van der Waals surface area contributed by atoms with E-state index in [0.717, 1.165) is 21.7 Å². The van der Waals surface area contributed by atoms with Gasteiger partial charge in [-0.1, -0.05) is 48.0 Å². The molecule has 2 heterocycles. The van der Waals surface area contributed by atoms with Crippen LogP contribution in [0.1, 0.15) is 21.7 Å². The summed E-state index contributed by atoms with van der Waals surface area (Å²) in [7, 11) is 1.79. The molecule has 0 saturated heterocycles. The van der Waals surface area contributed by atoms with Crippen LogP contribution >= 0.6 is 22.9 Å². The Morgan fingerprint density at radius 2 is 2.04 bits per heavy atom. The zero-order chi connectivity index (χ0) is 18.5. The number of carbonyl (C=O) groups is 1. The molecule has 3 rings (SSSR count). The maximum atomic E-state index is 12.3. The third-order valence-corrected chi connectivity index (χ3v) is 5.29. The predicted molar refractivity (Wildman–Crippen MR) is 107 cm³/mol. The van der Waals surface area contributed by atoms with E-state index < -0.39 is 0 Å². The number of rotatable bonds is 6. The van der Waals surface area contributed by atoms with Crippen molar-refractivity contribution in [3.63, 3.8) is 0 Å². The first-order valence-electron chi connectivity index (χ1n) is 8.27. The molecule has 0 aliphatic rings. The Hall–Kier alpha value is -2.37. The van der Waals surface area contributed by atoms with E-state index >= 15 is 0 Å². The van der Waals surface area contributed by atoms with Gasteiger partial charge in [0.15, 0.2) is 0 Å². The van der Waals surface area contributed by atoms with Crippen molar-refractivity contribution in [2.75, 3.05) is 7.05 Å². The Balaban J connectivity index is 1.71. The fourth-order valence-electron chi connectivity index (χ4n) is 2.61. The number of halogens is 1. The molecule has 3 aromatic rings. The quantitative estimate of drug-likeness (QED) is 0.580.